The summed E-state index contributed by atoms with van der Waals surface area (Å²) in [6.45, 7) is 5.75. The lowest BCUT2D eigenvalue weighted by Gasteiger charge is -2.10. The molecule has 4 heteroatoms. The van der Waals surface area contributed by atoms with Crippen LogP contribution in [0.15, 0.2) is 6.20 Å². The second kappa shape index (κ2) is 3.38. The molecule has 4 nitrogen and oxygen atoms in total. The van der Waals surface area contributed by atoms with E-state index in [2.05, 4.69) is 9.97 Å². The van der Waals surface area contributed by atoms with Crippen LogP contribution in [-0.4, -0.2) is 16.1 Å². The van der Waals surface area contributed by atoms with Gasteiger partial charge in [-0.05, 0) is 20.8 Å². The molecule has 1 heterocycles. The Morgan fingerprint density at radius 1 is 1.50 bits per heavy atom. The Hall–Kier alpha value is -1.32. The highest BCUT2D eigenvalue weighted by atomic mass is 16.5. The van der Waals surface area contributed by atoms with E-state index in [9.17, 15) is 0 Å². The van der Waals surface area contributed by atoms with Gasteiger partial charge in [-0.2, -0.15) is 0 Å². The van der Waals surface area contributed by atoms with Crippen LogP contribution in [0.1, 0.15) is 19.5 Å². The Kier molecular flexibility index (Phi) is 2.47. The Balaban J connectivity index is 2.86. The second-order valence-corrected chi connectivity index (χ2v) is 2.84. The number of nitrogen functional groups attached to an aromatic ring is 1. The number of hydrogen-bond acceptors (Lipinski definition) is 4. The van der Waals surface area contributed by atoms with E-state index in [0.717, 1.165) is 5.69 Å². The Morgan fingerprint density at radius 3 is 2.67 bits per heavy atom. The zero-order valence-corrected chi connectivity index (χ0v) is 7.53. The molecule has 0 bridgehead atoms. The molecule has 0 atom stereocenters. The van der Waals surface area contributed by atoms with Gasteiger partial charge in [0.25, 0.3) is 0 Å². The topological polar surface area (TPSA) is 61.0 Å². The average molecular weight is 167 g/mol. The molecule has 0 unspecified atom stereocenters. The summed E-state index contributed by atoms with van der Waals surface area (Å²) in [5.74, 6) is 0.975. The summed E-state index contributed by atoms with van der Waals surface area (Å²) in [5, 5.41) is 0. The molecule has 0 saturated heterocycles. The molecular formula is C8H13N3O. The quantitative estimate of drug-likeness (QED) is 0.717. The lowest BCUT2D eigenvalue weighted by atomic mass is 10.4. The highest BCUT2D eigenvalue weighted by molar-refractivity contribution is 5.29. The third-order valence-corrected chi connectivity index (χ3v) is 1.32. The molecule has 12 heavy (non-hydrogen) atoms. The number of aryl methyl sites for hydroxylation is 1. The van der Waals surface area contributed by atoms with Crippen molar-refractivity contribution >= 4 is 5.95 Å². The number of anilines is 1. The Labute approximate surface area is 71.8 Å². The van der Waals surface area contributed by atoms with Crippen molar-refractivity contribution in [3.05, 3.63) is 11.9 Å². The van der Waals surface area contributed by atoms with E-state index in [1.54, 1.807) is 6.20 Å². The molecule has 1 aromatic heterocycles. The van der Waals surface area contributed by atoms with E-state index in [-0.39, 0.29) is 12.1 Å². The minimum absolute atomic E-state index is 0.135. The number of aromatic nitrogens is 2. The van der Waals surface area contributed by atoms with Crippen molar-refractivity contribution in [2.75, 3.05) is 5.73 Å². The van der Waals surface area contributed by atoms with Gasteiger partial charge in [0.15, 0.2) is 5.75 Å². The van der Waals surface area contributed by atoms with Crippen molar-refractivity contribution in [1.29, 1.82) is 0 Å². The third kappa shape index (κ3) is 2.08. The summed E-state index contributed by atoms with van der Waals surface area (Å²) in [4.78, 5) is 7.80. The lowest BCUT2D eigenvalue weighted by molar-refractivity contribution is 0.238. The van der Waals surface area contributed by atoms with E-state index < -0.39 is 0 Å². The molecular weight excluding hydrogens is 154 g/mol. The normalized spacial score (nSPS) is 10.3. The van der Waals surface area contributed by atoms with E-state index in [1.165, 1.54) is 0 Å². The van der Waals surface area contributed by atoms with E-state index in [1.807, 2.05) is 20.8 Å². The zero-order chi connectivity index (χ0) is 9.14. The molecule has 2 N–H and O–H groups in total. The molecule has 0 aromatic carbocycles. The van der Waals surface area contributed by atoms with Crippen molar-refractivity contribution < 1.29 is 4.74 Å². The van der Waals surface area contributed by atoms with Crippen LogP contribution in [0.5, 0.6) is 5.75 Å². The van der Waals surface area contributed by atoms with E-state index >= 15 is 0 Å². The summed E-state index contributed by atoms with van der Waals surface area (Å²) in [6, 6.07) is 0. The van der Waals surface area contributed by atoms with Crippen molar-refractivity contribution in [2.24, 2.45) is 0 Å². The highest BCUT2D eigenvalue weighted by Crippen LogP contribution is 2.15. The predicted octanol–water partition coefficient (Wildman–Crippen LogP) is 1.15. The first-order valence-electron chi connectivity index (χ1n) is 3.85. The Bertz CT molecular complexity index is 273. The fraction of sp³-hybridized carbons (Fsp3) is 0.500. The average Bonchev–Trinajstić information content (AvgIpc) is 1.94. The summed E-state index contributed by atoms with van der Waals surface area (Å²) in [5.41, 5.74) is 6.15. The van der Waals surface area contributed by atoms with Gasteiger partial charge in [-0.15, -0.1) is 0 Å². The molecule has 0 amide bonds. The predicted molar refractivity (Wildman–Crippen MR) is 46.9 cm³/mol. The zero-order valence-electron chi connectivity index (χ0n) is 7.53. The summed E-state index contributed by atoms with van der Waals surface area (Å²) >= 11 is 0. The molecule has 0 aliphatic carbocycles. The first-order chi connectivity index (χ1) is 5.59. The molecule has 0 spiro atoms. The number of rotatable bonds is 2. The van der Waals surface area contributed by atoms with E-state index in [0.29, 0.717) is 5.75 Å². The van der Waals surface area contributed by atoms with Gasteiger partial charge >= 0.3 is 0 Å². The van der Waals surface area contributed by atoms with Gasteiger partial charge in [0.05, 0.1) is 18.0 Å². The molecule has 0 saturated carbocycles. The summed E-state index contributed by atoms with van der Waals surface area (Å²) in [6.07, 6.45) is 1.73. The van der Waals surface area contributed by atoms with E-state index in [4.69, 9.17) is 10.5 Å². The number of nitrogens with two attached hydrogens (primary N) is 1. The van der Waals surface area contributed by atoms with Crippen LogP contribution < -0.4 is 10.5 Å². The maximum absolute atomic E-state index is 5.42. The molecule has 66 valence electrons. The van der Waals surface area contributed by atoms with Gasteiger partial charge in [0, 0.05) is 0 Å². The smallest absolute Gasteiger partial charge is 0.220 e. The van der Waals surface area contributed by atoms with Crippen LogP contribution in [0, 0.1) is 6.92 Å². The van der Waals surface area contributed by atoms with Crippen molar-refractivity contribution in [3.63, 3.8) is 0 Å². The molecule has 1 aromatic rings. The molecule has 0 aliphatic heterocycles. The van der Waals surface area contributed by atoms with Gasteiger partial charge in [0.1, 0.15) is 0 Å². The lowest BCUT2D eigenvalue weighted by Crippen LogP contribution is -2.08. The monoisotopic (exact) mass is 167 g/mol. The maximum Gasteiger partial charge on any atom is 0.220 e. The van der Waals surface area contributed by atoms with Gasteiger partial charge in [0.2, 0.25) is 5.95 Å². The fourth-order valence-electron chi connectivity index (χ4n) is 0.844. The van der Waals surface area contributed by atoms with Gasteiger partial charge in [-0.3, -0.25) is 0 Å². The van der Waals surface area contributed by atoms with Crippen LogP contribution in [-0.2, 0) is 0 Å². The SMILES string of the molecule is Cc1nc(N)ncc1OC(C)C. The first-order valence-corrected chi connectivity index (χ1v) is 3.85. The molecule has 0 radical (unpaired) electrons. The van der Waals surface area contributed by atoms with Crippen molar-refractivity contribution in [1.82, 2.24) is 9.97 Å². The maximum atomic E-state index is 5.42. The van der Waals surface area contributed by atoms with Gasteiger partial charge in [-0.25, -0.2) is 9.97 Å². The van der Waals surface area contributed by atoms with Gasteiger partial charge in [-0.1, -0.05) is 0 Å². The minimum Gasteiger partial charge on any atom is -0.487 e. The standard InChI is InChI=1S/C8H13N3O/c1-5(2)12-7-4-10-8(9)11-6(7)3/h4-5H,1-3H3,(H2,9,10,11). The second-order valence-electron chi connectivity index (χ2n) is 2.84. The largest absolute Gasteiger partial charge is 0.487 e. The molecule has 0 aliphatic rings. The van der Waals surface area contributed by atoms with Crippen LogP contribution in [0.25, 0.3) is 0 Å². The van der Waals surface area contributed by atoms with Crippen molar-refractivity contribution in [2.45, 2.75) is 26.9 Å². The van der Waals surface area contributed by atoms with Crippen molar-refractivity contribution in [3.8, 4) is 5.75 Å². The highest BCUT2D eigenvalue weighted by Gasteiger charge is 2.03. The van der Waals surface area contributed by atoms with Crippen LogP contribution in [0.2, 0.25) is 0 Å². The summed E-state index contributed by atoms with van der Waals surface area (Å²) in [7, 11) is 0. The van der Waals surface area contributed by atoms with Gasteiger partial charge < -0.3 is 10.5 Å². The van der Waals surface area contributed by atoms with Crippen LogP contribution in [0.4, 0.5) is 5.95 Å². The Morgan fingerprint density at radius 2 is 2.17 bits per heavy atom. The molecule has 1 rings (SSSR count). The fourth-order valence-corrected chi connectivity index (χ4v) is 0.844. The number of hydrogen-bond donors (Lipinski definition) is 1. The summed E-state index contributed by atoms with van der Waals surface area (Å²) < 4.78 is 5.42. The van der Waals surface area contributed by atoms with Crippen LogP contribution in [0.3, 0.4) is 0 Å². The first kappa shape index (κ1) is 8.77. The van der Waals surface area contributed by atoms with Crippen LogP contribution >= 0.6 is 0 Å². The number of nitrogens with zero attached hydrogens (tertiary/aromatic N) is 2. The number of ether oxygens (including phenoxy) is 1. The minimum atomic E-state index is 0.135. The third-order valence-electron chi connectivity index (χ3n) is 1.32. The molecule has 0 fully saturated rings.